The fourth-order valence-corrected chi connectivity index (χ4v) is 0.340. The van der Waals surface area contributed by atoms with Crippen molar-refractivity contribution in [1.82, 2.24) is 0 Å². The van der Waals surface area contributed by atoms with Crippen LogP contribution in [0.2, 0.25) is 0 Å². The monoisotopic (exact) mass is 254 g/mol. The third-order valence-corrected chi connectivity index (χ3v) is 0.795. The van der Waals surface area contributed by atoms with E-state index in [1.54, 1.807) is 0 Å². The second-order valence-electron chi connectivity index (χ2n) is 2.33. The summed E-state index contributed by atoms with van der Waals surface area (Å²) in [5.41, 5.74) is 0. The average Bonchev–Trinajstić information content (AvgIpc) is 2.09. The molecule has 0 atom stereocenters. The van der Waals surface area contributed by atoms with Crippen LogP contribution in [-0.4, -0.2) is 57.0 Å². The number of carboxylic acids is 4. The molecule has 0 aromatic rings. The Kier molecular flexibility index (Phi) is 9.17. The second kappa shape index (κ2) is 9.06. The van der Waals surface area contributed by atoms with Gasteiger partial charge in [0, 0.05) is 6.92 Å². The maximum absolute atomic E-state index is 10.1. The highest BCUT2D eigenvalue weighted by atomic mass is 17.2. The largest absolute Gasteiger partial charge is 0.481 e. The van der Waals surface area contributed by atoms with Crippen LogP contribution in [0.5, 0.6) is 0 Å². The van der Waals surface area contributed by atoms with Crippen molar-refractivity contribution in [3.8, 4) is 0 Å². The Morgan fingerprint density at radius 3 is 1.59 bits per heavy atom. The van der Waals surface area contributed by atoms with Crippen molar-refractivity contribution in [2.45, 2.75) is 13.0 Å². The number of carboxylic acid groups (broad SMARTS) is 4. The topological polar surface area (TPSA) is 168 Å². The van der Waals surface area contributed by atoms with E-state index in [4.69, 9.17) is 25.2 Å². The summed E-state index contributed by atoms with van der Waals surface area (Å²) in [5, 5.41) is 31.8. The molecule has 0 amide bonds. The first-order valence-electron chi connectivity index (χ1n) is 3.83. The van der Waals surface area contributed by atoms with Gasteiger partial charge in [-0.15, -0.1) is 0 Å². The van der Waals surface area contributed by atoms with Gasteiger partial charge in [-0.05, 0) is 0 Å². The maximum atomic E-state index is 10.1. The molecule has 0 heterocycles. The molecule has 10 heteroatoms. The van der Waals surface area contributed by atoms with Gasteiger partial charge < -0.3 is 20.4 Å². The van der Waals surface area contributed by atoms with Crippen molar-refractivity contribution < 1.29 is 49.4 Å². The molecule has 0 saturated carbocycles. The molecule has 10 nitrogen and oxygen atoms in total. The molecule has 0 saturated heterocycles. The van der Waals surface area contributed by atoms with Crippen LogP contribution in [0.25, 0.3) is 0 Å². The molecule has 0 fully saturated rings. The summed E-state index contributed by atoms with van der Waals surface area (Å²) in [6.45, 7) is 0.150. The van der Waals surface area contributed by atoms with Gasteiger partial charge in [-0.3, -0.25) is 4.79 Å². The Morgan fingerprint density at radius 2 is 1.35 bits per heavy atom. The molecule has 4 N–H and O–H groups in total. The van der Waals surface area contributed by atoms with Crippen LogP contribution in [0.1, 0.15) is 6.92 Å². The van der Waals surface area contributed by atoms with E-state index in [-0.39, 0.29) is 0 Å². The Morgan fingerprint density at radius 1 is 1.00 bits per heavy atom. The van der Waals surface area contributed by atoms with Gasteiger partial charge in [0.1, 0.15) is 0 Å². The Balaban J connectivity index is 0. The minimum atomic E-state index is -2.22. The maximum Gasteiger partial charge on any atom is 0.348 e. The highest BCUT2D eigenvalue weighted by Gasteiger charge is 2.28. The Labute approximate surface area is 93.9 Å². The standard InChI is InChI=1S/C5H6O8.C2H4O2/c6-2(7)1-12-13-3(4(8)9)5(10)11;1-2(3)4/h3H,1H2,(H,6,7)(H,8,9)(H,10,11);1H3,(H,3,4). The minimum absolute atomic E-state index is 0.833. The molecule has 0 rings (SSSR count). The van der Waals surface area contributed by atoms with E-state index in [1.165, 1.54) is 0 Å². The number of rotatable bonds is 6. The van der Waals surface area contributed by atoms with Crippen molar-refractivity contribution in [3.05, 3.63) is 0 Å². The molecule has 0 aliphatic rings. The lowest BCUT2D eigenvalue weighted by molar-refractivity contribution is -0.313. The van der Waals surface area contributed by atoms with E-state index >= 15 is 0 Å². The van der Waals surface area contributed by atoms with E-state index in [2.05, 4.69) is 9.78 Å². The zero-order valence-electron chi connectivity index (χ0n) is 8.52. The normalized spacial score (nSPS) is 9.06. The van der Waals surface area contributed by atoms with Gasteiger partial charge >= 0.3 is 17.9 Å². The van der Waals surface area contributed by atoms with Crippen LogP contribution >= 0.6 is 0 Å². The predicted octanol–water partition coefficient (Wildman–Crippen LogP) is -1.35. The molecule has 0 aliphatic carbocycles. The number of carbonyl (C=O) groups is 4. The highest BCUT2D eigenvalue weighted by Crippen LogP contribution is 1.93. The first-order chi connectivity index (χ1) is 7.68. The van der Waals surface area contributed by atoms with Crippen LogP contribution < -0.4 is 0 Å². The summed E-state index contributed by atoms with van der Waals surface area (Å²) >= 11 is 0. The zero-order chi connectivity index (χ0) is 14.0. The molecule has 0 spiro atoms. The molecule has 98 valence electrons. The summed E-state index contributed by atoms with van der Waals surface area (Å²) in [4.78, 5) is 46.6. The van der Waals surface area contributed by atoms with Crippen LogP contribution in [0.4, 0.5) is 0 Å². The zero-order valence-corrected chi connectivity index (χ0v) is 8.52. The minimum Gasteiger partial charge on any atom is -0.481 e. The summed E-state index contributed by atoms with van der Waals surface area (Å²) < 4.78 is 0. The summed E-state index contributed by atoms with van der Waals surface area (Å²) in [7, 11) is 0. The fourth-order valence-electron chi connectivity index (χ4n) is 0.340. The predicted molar refractivity (Wildman–Crippen MR) is 47.0 cm³/mol. The van der Waals surface area contributed by atoms with Gasteiger partial charge in [-0.2, -0.15) is 0 Å². The molecule has 0 radical (unpaired) electrons. The van der Waals surface area contributed by atoms with E-state index in [0.717, 1.165) is 6.92 Å². The molecular formula is C7H10O10. The van der Waals surface area contributed by atoms with Crippen molar-refractivity contribution in [2.24, 2.45) is 0 Å². The van der Waals surface area contributed by atoms with Crippen molar-refractivity contribution in [3.63, 3.8) is 0 Å². The van der Waals surface area contributed by atoms with E-state index in [1.807, 2.05) is 0 Å². The third-order valence-electron chi connectivity index (χ3n) is 0.795. The lowest BCUT2D eigenvalue weighted by Crippen LogP contribution is -2.33. The third kappa shape index (κ3) is 13.8. The first kappa shape index (κ1) is 17.2. The average molecular weight is 254 g/mol. The van der Waals surface area contributed by atoms with Crippen molar-refractivity contribution in [1.29, 1.82) is 0 Å². The van der Waals surface area contributed by atoms with Gasteiger partial charge in [0.2, 0.25) is 0 Å². The quantitative estimate of drug-likeness (QED) is 0.252. The molecule has 0 aromatic carbocycles. The van der Waals surface area contributed by atoms with Crippen molar-refractivity contribution in [2.75, 3.05) is 6.61 Å². The van der Waals surface area contributed by atoms with Crippen LogP contribution in [0.3, 0.4) is 0 Å². The van der Waals surface area contributed by atoms with Gasteiger partial charge in [0.05, 0.1) is 0 Å². The fraction of sp³-hybridized carbons (Fsp3) is 0.429. The Hall–Kier alpha value is -2.20. The highest BCUT2D eigenvalue weighted by molar-refractivity contribution is 5.95. The molecule has 0 bridgehead atoms. The smallest absolute Gasteiger partial charge is 0.348 e. The van der Waals surface area contributed by atoms with Crippen LogP contribution in [0.15, 0.2) is 0 Å². The Bertz CT molecular complexity index is 277. The van der Waals surface area contributed by atoms with Gasteiger partial charge in [-0.1, -0.05) is 0 Å². The molecule has 0 aromatic heterocycles. The summed E-state index contributed by atoms with van der Waals surface area (Å²) in [6, 6.07) is 0. The lowest BCUT2D eigenvalue weighted by atomic mass is 10.4. The number of hydrogen-bond acceptors (Lipinski definition) is 6. The van der Waals surface area contributed by atoms with Gasteiger partial charge in [0.15, 0.2) is 6.61 Å². The number of aliphatic carboxylic acids is 4. The van der Waals surface area contributed by atoms with E-state index < -0.39 is 36.6 Å². The second-order valence-corrected chi connectivity index (χ2v) is 2.33. The van der Waals surface area contributed by atoms with Crippen molar-refractivity contribution >= 4 is 23.9 Å². The van der Waals surface area contributed by atoms with E-state index in [9.17, 15) is 14.4 Å². The van der Waals surface area contributed by atoms with Crippen LogP contribution in [-0.2, 0) is 29.0 Å². The van der Waals surface area contributed by atoms with Crippen LogP contribution in [0, 0.1) is 0 Å². The SMILES string of the molecule is CC(=O)O.O=C(O)COOC(C(=O)O)C(=O)O. The molecular weight excluding hydrogens is 244 g/mol. The first-order valence-corrected chi connectivity index (χ1v) is 3.83. The summed E-state index contributed by atoms with van der Waals surface area (Å²) in [5.74, 6) is -5.80. The van der Waals surface area contributed by atoms with E-state index in [0.29, 0.717) is 0 Å². The van der Waals surface area contributed by atoms with Gasteiger partial charge in [-0.25, -0.2) is 24.2 Å². The molecule has 0 unspecified atom stereocenters. The number of hydrogen-bond donors (Lipinski definition) is 4. The molecule has 17 heavy (non-hydrogen) atoms. The summed E-state index contributed by atoms with van der Waals surface area (Å²) in [6.07, 6.45) is -2.22. The molecule has 0 aliphatic heterocycles. The lowest BCUT2D eigenvalue weighted by Gasteiger charge is -2.05. The van der Waals surface area contributed by atoms with Gasteiger partial charge in [0.25, 0.3) is 12.1 Å².